The molecule has 2 atom stereocenters. The maximum atomic E-state index is 11.9. The van der Waals surface area contributed by atoms with Crippen LogP contribution in [-0.4, -0.2) is 34.3 Å². The summed E-state index contributed by atoms with van der Waals surface area (Å²) in [6, 6.07) is 6.54. The molecule has 0 fully saturated rings. The number of hydrogen-bond donors (Lipinski definition) is 3. The molecule has 22 heavy (non-hydrogen) atoms. The Labute approximate surface area is 135 Å². The van der Waals surface area contributed by atoms with Gasteiger partial charge in [-0.3, -0.25) is 4.21 Å². The van der Waals surface area contributed by atoms with Crippen molar-refractivity contribution in [1.82, 2.24) is 5.32 Å². The fourth-order valence-electron chi connectivity index (χ4n) is 2.22. The van der Waals surface area contributed by atoms with Crippen LogP contribution in [0, 0.1) is 11.3 Å². The second-order valence-corrected chi connectivity index (χ2v) is 7.84. The van der Waals surface area contributed by atoms with E-state index < -0.39 is 22.3 Å². The van der Waals surface area contributed by atoms with Gasteiger partial charge in [-0.25, -0.2) is 4.79 Å². The molecular formula is C16H26N2O3S. The minimum Gasteiger partial charge on any atom is -0.392 e. The van der Waals surface area contributed by atoms with Crippen molar-refractivity contribution in [3.05, 3.63) is 24.3 Å². The quantitative estimate of drug-likeness (QED) is 0.752. The van der Waals surface area contributed by atoms with Gasteiger partial charge < -0.3 is 15.7 Å². The van der Waals surface area contributed by atoms with Crippen molar-refractivity contribution in [1.29, 1.82) is 0 Å². The predicted molar refractivity (Wildman–Crippen MR) is 90.4 cm³/mol. The van der Waals surface area contributed by atoms with Crippen molar-refractivity contribution in [3.63, 3.8) is 0 Å². The first-order valence-electron chi connectivity index (χ1n) is 7.30. The zero-order chi connectivity index (χ0) is 16.9. The number of benzene rings is 1. The average Bonchev–Trinajstić information content (AvgIpc) is 2.45. The van der Waals surface area contributed by atoms with Gasteiger partial charge in [-0.2, -0.15) is 0 Å². The lowest BCUT2D eigenvalue weighted by Gasteiger charge is -2.33. The first kappa shape index (κ1) is 18.6. The Morgan fingerprint density at radius 2 is 1.82 bits per heavy atom. The van der Waals surface area contributed by atoms with Crippen molar-refractivity contribution < 1.29 is 14.1 Å². The SMILES string of the molecule is CC(C)[C@H](O)C(C)(C)CNC(=O)Nc1ccc([S@@](C)=O)cc1. The monoisotopic (exact) mass is 326 g/mol. The summed E-state index contributed by atoms with van der Waals surface area (Å²) in [5.74, 6) is 0.127. The number of hydrogen-bond acceptors (Lipinski definition) is 3. The lowest BCUT2D eigenvalue weighted by molar-refractivity contribution is 0.0154. The largest absolute Gasteiger partial charge is 0.392 e. The van der Waals surface area contributed by atoms with Gasteiger partial charge in [-0.1, -0.05) is 27.7 Å². The first-order valence-corrected chi connectivity index (χ1v) is 8.85. The number of carbonyl (C=O) groups is 1. The molecule has 0 saturated carbocycles. The summed E-state index contributed by atoms with van der Waals surface area (Å²) in [5.41, 5.74) is 0.225. The van der Waals surface area contributed by atoms with E-state index in [0.717, 1.165) is 0 Å². The molecule has 1 rings (SSSR count). The Balaban J connectivity index is 2.54. The molecule has 0 aliphatic rings. The van der Waals surface area contributed by atoms with E-state index >= 15 is 0 Å². The minimum atomic E-state index is -1.03. The topological polar surface area (TPSA) is 78.4 Å². The number of nitrogens with one attached hydrogen (secondary N) is 2. The summed E-state index contributed by atoms with van der Waals surface area (Å²) in [7, 11) is -1.03. The lowest BCUT2D eigenvalue weighted by Crippen LogP contribution is -2.44. The van der Waals surface area contributed by atoms with E-state index in [9.17, 15) is 14.1 Å². The third-order valence-electron chi connectivity index (χ3n) is 3.58. The van der Waals surface area contributed by atoms with Gasteiger partial charge in [0.05, 0.1) is 6.10 Å². The molecule has 6 heteroatoms. The van der Waals surface area contributed by atoms with E-state index in [1.807, 2.05) is 27.7 Å². The normalized spacial score (nSPS) is 14.5. The number of urea groups is 1. The predicted octanol–water partition coefficient (Wildman–Crippen LogP) is 2.59. The van der Waals surface area contributed by atoms with Crippen LogP contribution in [0.4, 0.5) is 10.5 Å². The van der Waals surface area contributed by atoms with Gasteiger partial charge in [-0.15, -0.1) is 0 Å². The van der Waals surface area contributed by atoms with Crippen molar-refractivity contribution >= 4 is 22.5 Å². The molecule has 5 nitrogen and oxygen atoms in total. The van der Waals surface area contributed by atoms with Crippen molar-refractivity contribution in [2.75, 3.05) is 18.1 Å². The summed E-state index contributed by atoms with van der Waals surface area (Å²) >= 11 is 0. The number of carbonyl (C=O) groups excluding carboxylic acids is 1. The maximum absolute atomic E-state index is 11.9. The lowest BCUT2D eigenvalue weighted by atomic mass is 9.81. The zero-order valence-corrected chi connectivity index (χ0v) is 14.7. The standard InChI is InChI=1S/C16H26N2O3S/c1-11(2)14(19)16(3,4)10-17-15(20)18-12-6-8-13(9-7-12)22(5)21/h6-9,11,14,19H,10H2,1-5H3,(H2,17,18,20)/t14-,22+/m0/s1. The van der Waals surface area contributed by atoms with Gasteiger partial charge in [0.15, 0.2) is 0 Å². The fourth-order valence-corrected chi connectivity index (χ4v) is 2.74. The van der Waals surface area contributed by atoms with Crippen LogP contribution in [0.1, 0.15) is 27.7 Å². The molecule has 2 amide bonds. The van der Waals surface area contributed by atoms with E-state index in [1.165, 1.54) is 0 Å². The molecule has 0 radical (unpaired) electrons. The highest BCUT2D eigenvalue weighted by Crippen LogP contribution is 2.25. The van der Waals surface area contributed by atoms with Crippen LogP contribution >= 0.6 is 0 Å². The van der Waals surface area contributed by atoms with Crippen molar-refractivity contribution in [2.45, 2.75) is 38.7 Å². The summed E-state index contributed by atoms with van der Waals surface area (Å²) < 4.78 is 11.3. The molecule has 0 aliphatic carbocycles. The molecule has 3 N–H and O–H groups in total. The van der Waals surface area contributed by atoms with E-state index in [4.69, 9.17) is 0 Å². The number of amides is 2. The molecule has 124 valence electrons. The Morgan fingerprint density at radius 1 is 1.27 bits per heavy atom. The van der Waals surface area contributed by atoms with Gasteiger partial charge in [0.1, 0.15) is 0 Å². The molecule has 0 aliphatic heterocycles. The van der Waals surface area contributed by atoms with Crippen LogP contribution in [0.3, 0.4) is 0 Å². The molecule has 0 spiro atoms. The van der Waals surface area contributed by atoms with Crippen LogP contribution in [0.15, 0.2) is 29.2 Å². The van der Waals surface area contributed by atoms with Crippen LogP contribution in [0.2, 0.25) is 0 Å². The van der Waals surface area contributed by atoms with Crippen molar-refractivity contribution in [3.8, 4) is 0 Å². The Kier molecular flexibility index (Phi) is 6.56. The number of rotatable bonds is 6. The Hall–Kier alpha value is -1.40. The summed E-state index contributed by atoms with van der Waals surface area (Å²) in [4.78, 5) is 12.6. The Morgan fingerprint density at radius 3 is 2.27 bits per heavy atom. The highest BCUT2D eigenvalue weighted by atomic mass is 32.2. The molecule has 0 aromatic heterocycles. The Bertz CT molecular complexity index is 527. The van der Waals surface area contributed by atoms with Gasteiger partial charge in [0.25, 0.3) is 0 Å². The molecule has 1 aromatic rings. The molecular weight excluding hydrogens is 300 g/mol. The zero-order valence-electron chi connectivity index (χ0n) is 13.8. The summed E-state index contributed by atoms with van der Waals surface area (Å²) in [6.45, 7) is 8.11. The van der Waals surface area contributed by atoms with Crippen LogP contribution < -0.4 is 10.6 Å². The number of aliphatic hydroxyl groups excluding tert-OH is 1. The van der Waals surface area contributed by atoms with E-state index in [1.54, 1.807) is 30.5 Å². The average molecular weight is 326 g/mol. The van der Waals surface area contributed by atoms with Gasteiger partial charge >= 0.3 is 6.03 Å². The van der Waals surface area contributed by atoms with Crippen LogP contribution in [-0.2, 0) is 10.8 Å². The van der Waals surface area contributed by atoms with Crippen molar-refractivity contribution in [2.24, 2.45) is 11.3 Å². The number of anilines is 1. The molecule has 0 unspecified atom stereocenters. The molecule has 1 aromatic carbocycles. The fraction of sp³-hybridized carbons (Fsp3) is 0.562. The third-order valence-corrected chi connectivity index (χ3v) is 4.52. The van der Waals surface area contributed by atoms with E-state index in [-0.39, 0.29) is 11.9 Å². The highest BCUT2D eigenvalue weighted by Gasteiger charge is 2.30. The third kappa shape index (κ3) is 5.42. The van der Waals surface area contributed by atoms with Crippen LogP contribution in [0.25, 0.3) is 0 Å². The van der Waals surface area contributed by atoms with Gasteiger partial charge in [0.2, 0.25) is 0 Å². The minimum absolute atomic E-state index is 0.127. The second kappa shape index (κ2) is 7.74. The first-order chi connectivity index (χ1) is 10.1. The molecule has 0 saturated heterocycles. The van der Waals surface area contributed by atoms with Gasteiger partial charge in [-0.05, 0) is 30.2 Å². The van der Waals surface area contributed by atoms with E-state index in [2.05, 4.69) is 10.6 Å². The van der Waals surface area contributed by atoms with Gasteiger partial charge in [0, 0.05) is 39.6 Å². The smallest absolute Gasteiger partial charge is 0.319 e. The summed E-state index contributed by atoms with van der Waals surface area (Å²) in [5, 5.41) is 15.6. The highest BCUT2D eigenvalue weighted by molar-refractivity contribution is 7.84. The summed E-state index contributed by atoms with van der Waals surface area (Å²) in [6.07, 6.45) is 1.11. The van der Waals surface area contributed by atoms with E-state index in [0.29, 0.717) is 17.1 Å². The molecule has 0 heterocycles. The number of aliphatic hydroxyl groups is 1. The second-order valence-electron chi connectivity index (χ2n) is 6.46. The molecule has 0 bridgehead atoms. The van der Waals surface area contributed by atoms with Crippen LogP contribution in [0.5, 0.6) is 0 Å². The maximum Gasteiger partial charge on any atom is 0.319 e.